The minimum Gasteiger partial charge on any atom is -0.467 e. The molecule has 0 bridgehead atoms. The fourth-order valence-corrected chi connectivity index (χ4v) is 5.09. The molecule has 2 atom stereocenters. The van der Waals surface area contributed by atoms with Crippen LogP contribution in [0.25, 0.3) is 0 Å². The van der Waals surface area contributed by atoms with Gasteiger partial charge < -0.3 is 14.4 Å². The highest BCUT2D eigenvalue weighted by molar-refractivity contribution is 7.99. The maximum atomic E-state index is 12.9. The number of hydrogen-bond donors (Lipinski definition) is 0. The van der Waals surface area contributed by atoms with Crippen LogP contribution in [0.2, 0.25) is 0 Å². The number of hydrogen-bond acceptors (Lipinski definition) is 7. The van der Waals surface area contributed by atoms with Gasteiger partial charge in [-0.3, -0.25) is 9.69 Å². The molecule has 2 fully saturated rings. The largest absolute Gasteiger partial charge is 0.467 e. The van der Waals surface area contributed by atoms with Crippen LogP contribution in [0.3, 0.4) is 0 Å². The lowest BCUT2D eigenvalue weighted by Gasteiger charge is -2.28. The van der Waals surface area contributed by atoms with Gasteiger partial charge in [0.15, 0.2) is 0 Å². The van der Waals surface area contributed by atoms with E-state index in [1.807, 2.05) is 30.3 Å². The number of carbonyl (C=O) groups excluding carboxylic acids is 3. The van der Waals surface area contributed by atoms with Crippen LogP contribution in [-0.2, 0) is 25.7 Å². The van der Waals surface area contributed by atoms with Gasteiger partial charge in [-0.25, -0.2) is 9.59 Å². The number of rotatable bonds is 4. The molecule has 2 heterocycles. The van der Waals surface area contributed by atoms with E-state index < -0.39 is 24.1 Å². The van der Waals surface area contributed by atoms with Crippen LogP contribution in [0.5, 0.6) is 0 Å². The average molecular weight is 396 g/mol. The lowest BCUT2D eigenvalue weighted by atomic mass is 10.2. The molecule has 0 N–H and O–H groups in total. The molecule has 1 aromatic carbocycles. The third-order valence-electron chi connectivity index (χ3n) is 4.25. The number of esters is 1. The molecule has 3 rings (SSSR count). The summed E-state index contributed by atoms with van der Waals surface area (Å²) in [7, 11) is 1.31. The van der Waals surface area contributed by atoms with E-state index in [4.69, 9.17) is 9.47 Å². The summed E-state index contributed by atoms with van der Waals surface area (Å²) in [6.45, 7) is 0.159. The Balaban J connectivity index is 1.62. The van der Waals surface area contributed by atoms with Crippen molar-refractivity contribution in [2.24, 2.45) is 0 Å². The van der Waals surface area contributed by atoms with Crippen LogP contribution in [0.4, 0.5) is 4.79 Å². The summed E-state index contributed by atoms with van der Waals surface area (Å²) in [5.41, 5.74) is 0.886. The molecule has 2 unspecified atom stereocenters. The maximum absolute atomic E-state index is 12.9. The standard InChI is InChI=1S/C17H20N2O5S2/c1-23-16(21)14-9-26-10-18(14)15(20)13-8-25-11-19(13)17(22)24-7-12-5-3-2-4-6-12/h2-6,13-14H,7-11H2,1H3. The summed E-state index contributed by atoms with van der Waals surface area (Å²) < 4.78 is 10.1. The van der Waals surface area contributed by atoms with Crippen LogP contribution >= 0.6 is 23.5 Å². The first-order chi connectivity index (χ1) is 12.6. The van der Waals surface area contributed by atoms with Crippen LogP contribution in [0.1, 0.15) is 5.56 Å². The van der Waals surface area contributed by atoms with Crippen LogP contribution in [0, 0.1) is 0 Å². The Morgan fingerprint density at radius 2 is 1.69 bits per heavy atom. The van der Waals surface area contributed by atoms with E-state index >= 15 is 0 Å². The van der Waals surface area contributed by atoms with E-state index in [1.54, 1.807) is 0 Å². The second-order valence-corrected chi connectivity index (χ2v) is 7.87. The van der Waals surface area contributed by atoms with Gasteiger partial charge in [-0.05, 0) is 5.56 Å². The molecule has 2 amide bonds. The molecule has 0 aliphatic carbocycles. The summed E-state index contributed by atoms with van der Waals surface area (Å²) in [4.78, 5) is 40.2. The number of thioether (sulfide) groups is 2. The summed E-state index contributed by atoms with van der Waals surface area (Å²) in [6.07, 6.45) is -0.515. The molecule has 140 valence electrons. The molecule has 2 saturated heterocycles. The fourth-order valence-electron chi connectivity index (χ4n) is 2.81. The Morgan fingerprint density at radius 3 is 2.38 bits per heavy atom. The quantitative estimate of drug-likeness (QED) is 0.718. The van der Waals surface area contributed by atoms with Gasteiger partial charge in [0.05, 0.1) is 18.9 Å². The van der Waals surface area contributed by atoms with Gasteiger partial charge in [0.25, 0.3) is 0 Å². The van der Waals surface area contributed by atoms with Crippen molar-refractivity contribution in [2.45, 2.75) is 18.7 Å². The Hall–Kier alpha value is -1.87. The van der Waals surface area contributed by atoms with E-state index in [9.17, 15) is 14.4 Å². The topological polar surface area (TPSA) is 76.2 Å². The summed E-state index contributed by atoms with van der Waals surface area (Å²) in [6, 6.07) is 8.18. The molecule has 0 aromatic heterocycles. The normalized spacial score (nSPS) is 22.3. The smallest absolute Gasteiger partial charge is 0.411 e. The van der Waals surface area contributed by atoms with Crippen molar-refractivity contribution in [1.29, 1.82) is 0 Å². The highest BCUT2D eigenvalue weighted by Gasteiger charge is 2.43. The van der Waals surface area contributed by atoms with Gasteiger partial charge in [0, 0.05) is 11.5 Å². The van der Waals surface area contributed by atoms with E-state index in [0.29, 0.717) is 23.3 Å². The molecule has 9 heteroatoms. The predicted octanol–water partition coefficient (Wildman–Crippen LogP) is 1.77. The van der Waals surface area contributed by atoms with Crippen molar-refractivity contribution >= 4 is 41.5 Å². The minimum absolute atomic E-state index is 0.159. The second kappa shape index (κ2) is 8.68. The lowest BCUT2D eigenvalue weighted by Crippen LogP contribution is -2.52. The molecule has 2 aliphatic heterocycles. The number of ether oxygens (including phenoxy) is 2. The number of amides is 2. The van der Waals surface area contributed by atoms with Crippen molar-refractivity contribution in [3.8, 4) is 0 Å². The highest BCUT2D eigenvalue weighted by atomic mass is 32.2. The first-order valence-electron chi connectivity index (χ1n) is 8.13. The number of benzene rings is 1. The molecular formula is C17H20N2O5S2. The summed E-state index contributed by atoms with van der Waals surface area (Å²) in [5, 5.41) is 0. The van der Waals surface area contributed by atoms with Gasteiger partial charge >= 0.3 is 12.1 Å². The molecular weight excluding hydrogens is 376 g/mol. The predicted molar refractivity (Wildman–Crippen MR) is 99.6 cm³/mol. The lowest BCUT2D eigenvalue weighted by molar-refractivity contribution is -0.151. The third-order valence-corrected chi connectivity index (χ3v) is 6.27. The van der Waals surface area contributed by atoms with E-state index in [-0.39, 0.29) is 12.5 Å². The van der Waals surface area contributed by atoms with Gasteiger partial charge in [-0.15, -0.1) is 23.5 Å². The van der Waals surface area contributed by atoms with Gasteiger partial charge in [0.2, 0.25) is 5.91 Å². The zero-order chi connectivity index (χ0) is 18.5. The first kappa shape index (κ1) is 18.9. The molecule has 2 aliphatic rings. The van der Waals surface area contributed by atoms with Crippen molar-refractivity contribution in [3.63, 3.8) is 0 Å². The molecule has 0 saturated carbocycles. The summed E-state index contributed by atoms with van der Waals surface area (Å²) >= 11 is 3.00. The SMILES string of the molecule is COC(=O)C1CSCN1C(=O)C1CSCN1C(=O)OCc1ccccc1. The van der Waals surface area contributed by atoms with Gasteiger partial charge in [-0.1, -0.05) is 30.3 Å². The summed E-state index contributed by atoms with van der Waals surface area (Å²) in [5.74, 6) is 1.17. The Bertz CT molecular complexity index is 672. The molecule has 1 aromatic rings. The third kappa shape index (κ3) is 4.09. The van der Waals surface area contributed by atoms with Crippen LogP contribution in [-0.4, -0.2) is 70.2 Å². The highest BCUT2D eigenvalue weighted by Crippen LogP contribution is 2.28. The first-order valence-corrected chi connectivity index (χ1v) is 10.4. The maximum Gasteiger partial charge on any atom is 0.411 e. The Labute approximate surface area is 160 Å². The monoisotopic (exact) mass is 396 g/mol. The fraction of sp³-hybridized carbons (Fsp3) is 0.471. The molecule has 7 nitrogen and oxygen atoms in total. The van der Waals surface area contributed by atoms with Gasteiger partial charge in [0.1, 0.15) is 18.7 Å². The Kier molecular flexibility index (Phi) is 6.31. The number of methoxy groups -OCH3 is 1. The van der Waals surface area contributed by atoms with Crippen LogP contribution in [0.15, 0.2) is 30.3 Å². The zero-order valence-corrected chi connectivity index (χ0v) is 16.0. The van der Waals surface area contributed by atoms with E-state index in [2.05, 4.69) is 0 Å². The number of carbonyl (C=O) groups is 3. The average Bonchev–Trinajstić information content (AvgIpc) is 3.35. The molecule has 26 heavy (non-hydrogen) atoms. The second-order valence-electron chi connectivity index (χ2n) is 5.87. The van der Waals surface area contributed by atoms with Crippen molar-refractivity contribution < 1.29 is 23.9 Å². The van der Waals surface area contributed by atoms with E-state index in [1.165, 1.54) is 40.4 Å². The van der Waals surface area contributed by atoms with Crippen LogP contribution < -0.4 is 0 Å². The van der Waals surface area contributed by atoms with Crippen molar-refractivity contribution in [3.05, 3.63) is 35.9 Å². The van der Waals surface area contributed by atoms with Gasteiger partial charge in [-0.2, -0.15) is 0 Å². The Morgan fingerprint density at radius 1 is 1.04 bits per heavy atom. The molecule has 0 spiro atoms. The molecule has 0 radical (unpaired) electrons. The number of nitrogens with zero attached hydrogens (tertiary/aromatic N) is 2. The minimum atomic E-state index is -0.617. The van der Waals surface area contributed by atoms with Crippen molar-refractivity contribution in [2.75, 3.05) is 30.4 Å². The van der Waals surface area contributed by atoms with Crippen molar-refractivity contribution in [1.82, 2.24) is 9.80 Å². The van der Waals surface area contributed by atoms with E-state index in [0.717, 1.165) is 5.56 Å². The zero-order valence-electron chi connectivity index (χ0n) is 14.3.